The Hall–Kier alpha value is -3.32. The van der Waals surface area contributed by atoms with E-state index in [2.05, 4.69) is 5.32 Å². The van der Waals surface area contributed by atoms with E-state index in [4.69, 9.17) is 13.9 Å². The normalized spacial score (nSPS) is 10.9. The number of hydrogen-bond acceptors (Lipinski definition) is 6. The van der Waals surface area contributed by atoms with Crippen LogP contribution in [0.3, 0.4) is 0 Å². The highest BCUT2D eigenvalue weighted by Gasteiger charge is 2.17. The number of benzene rings is 2. The van der Waals surface area contributed by atoms with Gasteiger partial charge < -0.3 is 19.2 Å². The number of anilines is 1. The van der Waals surface area contributed by atoms with E-state index in [-0.39, 0.29) is 5.91 Å². The molecule has 1 amide bonds. The molecule has 1 N–H and O–H groups in total. The molecule has 0 atom stereocenters. The Labute approximate surface area is 157 Å². The molecule has 6 nitrogen and oxygen atoms in total. The number of thiophene rings is 1. The summed E-state index contributed by atoms with van der Waals surface area (Å²) >= 11 is 1.25. The van der Waals surface area contributed by atoms with Crippen molar-refractivity contribution in [1.82, 2.24) is 0 Å². The van der Waals surface area contributed by atoms with Gasteiger partial charge in [-0.3, -0.25) is 4.79 Å². The quantitative estimate of drug-likeness (QED) is 0.534. The monoisotopic (exact) mass is 381 g/mol. The Morgan fingerprint density at radius 2 is 1.85 bits per heavy atom. The van der Waals surface area contributed by atoms with Crippen LogP contribution in [0.25, 0.3) is 21.1 Å². The number of carbonyl (C=O) groups excluding carboxylic acids is 1. The van der Waals surface area contributed by atoms with Gasteiger partial charge in [-0.2, -0.15) is 0 Å². The fourth-order valence-electron chi connectivity index (χ4n) is 2.85. The third-order valence-corrected chi connectivity index (χ3v) is 5.33. The highest BCUT2D eigenvalue weighted by molar-refractivity contribution is 7.21. The number of methoxy groups -OCH3 is 2. The SMILES string of the molecule is COc1ccc(OC)c(NC(=O)c2cc3c(=O)oc4ccccc4c3s2)c1. The number of hydrogen-bond donors (Lipinski definition) is 1. The summed E-state index contributed by atoms with van der Waals surface area (Å²) in [6.07, 6.45) is 0. The maximum atomic E-state index is 12.8. The van der Waals surface area contributed by atoms with Gasteiger partial charge in [0, 0.05) is 11.5 Å². The summed E-state index contributed by atoms with van der Waals surface area (Å²) in [6.45, 7) is 0. The summed E-state index contributed by atoms with van der Waals surface area (Å²) in [6, 6.07) is 13.9. The molecule has 0 spiro atoms. The van der Waals surface area contributed by atoms with Crippen LogP contribution in [0.5, 0.6) is 11.5 Å². The van der Waals surface area contributed by atoms with Gasteiger partial charge in [0.1, 0.15) is 17.1 Å². The van der Waals surface area contributed by atoms with E-state index in [1.807, 2.05) is 12.1 Å². The van der Waals surface area contributed by atoms with Gasteiger partial charge in [0.2, 0.25) is 0 Å². The van der Waals surface area contributed by atoms with Crippen LogP contribution in [0.2, 0.25) is 0 Å². The van der Waals surface area contributed by atoms with E-state index in [0.717, 1.165) is 10.1 Å². The number of fused-ring (bicyclic) bond motifs is 3. The van der Waals surface area contributed by atoms with Crippen LogP contribution in [0, 0.1) is 0 Å². The van der Waals surface area contributed by atoms with E-state index in [9.17, 15) is 9.59 Å². The van der Waals surface area contributed by atoms with Crippen molar-refractivity contribution in [3.63, 3.8) is 0 Å². The molecule has 2 aromatic heterocycles. The van der Waals surface area contributed by atoms with Gasteiger partial charge in [-0.25, -0.2) is 4.79 Å². The summed E-state index contributed by atoms with van der Waals surface area (Å²) in [5.41, 5.74) is 0.521. The first-order valence-electron chi connectivity index (χ1n) is 8.09. The van der Waals surface area contributed by atoms with Crippen molar-refractivity contribution in [1.29, 1.82) is 0 Å². The highest BCUT2D eigenvalue weighted by atomic mass is 32.1. The first-order valence-corrected chi connectivity index (χ1v) is 8.91. The number of ether oxygens (including phenoxy) is 2. The van der Waals surface area contributed by atoms with Crippen molar-refractivity contribution < 1.29 is 18.7 Å². The zero-order chi connectivity index (χ0) is 19.0. The third-order valence-electron chi connectivity index (χ3n) is 4.16. The van der Waals surface area contributed by atoms with Gasteiger partial charge in [-0.05, 0) is 30.3 Å². The molecule has 2 aromatic carbocycles. The average Bonchev–Trinajstić information content (AvgIpc) is 3.14. The van der Waals surface area contributed by atoms with Gasteiger partial charge in [-0.15, -0.1) is 11.3 Å². The van der Waals surface area contributed by atoms with Crippen molar-refractivity contribution in [2.45, 2.75) is 0 Å². The van der Waals surface area contributed by atoms with Crippen molar-refractivity contribution in [2.24, 2.45) is 0 Å². The molecule has 4 rings (SSSR count). The smallest absolute Gasteiger partial charge is 0.345 e. The zero-order valence-electron chi connectivity index (χ0n) is 14.6. The topological polar surface area (TPSA) is 77.8 Å². The molecule has 4 aromatic rings. The molecule has 27 heavy (non-hydrogen) atoms. The fourth-order valence-corrected chi connectivity index (χ4v) is 3.92. The van der Waals surface area contributed by atoms with E-state index in [1.54, 1.807) is 43.5 Å². The number of carbonyl (C=O) groups is 1. The number of rotatable bonds is 4. The summed E-state index contributed by atoms with van der Waals surface area (Å²) in [4.78, 5) is 25.4. The molecule has 0 bridgehead atoms. The molecule has 0 fully saturated rings. The minimum atomic E-state index is -0.460. The molecule has 0 saturated heterocycles. The molecular weight excluding hydrogens is 366 g/mol. The molecule has 0 saturated carbocycles. The largest absolute Gasteiger partial charge is 0.497 e. The minimum Gasteiger partial charge on any atom is -0.497 e. The number of para-hydroxylation sites is 1. The Morgan fingerprint density at radius 1 is 1.04 bits per heavy atom. The lowest BCUT2D eigenvalue weighted by Crippen LogP contribution is -2.11. The second kappa shape index (κ2) is 6.77. The molecule has 0 aliphatic heterocycles. The summed E-state index contributed by atoms with van der Waals surface area (Å²) in [5.74, 6) is 0.760. The van der Waals surface area contributed by atoms with Crippen LogP contribution in [0.4, 0.5) is 5.69 Å². The van der Waals surface area contributed by atoms with E-state index >= 15 is 0 Å². The maximum absolute atomic E-state index is 12.8. The van der Waals surface area contributed by atoms with Crippen LogP contribution >= 0.6 is 11.3 Å². The molecule has 0 radical (unpaired) electrons. The minimum absolute atomic E-state index is 0.341. The van der Waals surface area contributed by atoms with Gasteiger partial charge in [0.05, 0.1) is 34.9 Å². The molecule has 136 valence electrons. The van der Waals surface area contributed by atoms with Crippen molar-refractivity contribution >= 4 is 44.0 Å². The lowest BCUT2D eigenvalue weighted by Gasteiger charge is -2.11. The molecule has 0 aliphatic rings. The summed E-state index contributed by atoms with van der Waals surface area (Å²) in [5, 5.41) is 4.01. The number of amides is 1. The van der Waals surface area contributed by atoms with Crippen LogP contribution in [-0.2, 0) is 0 Å². The van der Waals surface area contributed by atoms with Crippen LogP contribution in [-0.4, -0.2) is 20.1 Å². The summed E-state index contributed by atoms with van der Waals surface area (Å²) < 4.78 is 16.5. The third kappa shape index (κ3) is 3.02. The van der Waals surface area contributed by atoms with Crippen LogP contribution in [0.15, 0.2) is 57.7 Å². The average molecular weight is 381 g/mol. The predicted octanol–water partition coefficient (Wildman–Crippen LogP) is 4.28. The van der Waals surface area contributed by atoms with Gasteiger partial charge in [0.15, 0.2) is 0 Å². The Kier molecular flexibility index (Phi) is 4.29. The Bertz CT molecular complexity index is 1220. The first kappa shape index (κ1) is 17.1. The standard InChI is InChI=1S/C20H15NO5S/c1-24-11-7-8-16(25-2)14(9-11)21-19(22)17-10-13-18(27-17)12-5-3-4-6-15(12)26-20(13)23/h3-10H,1-2H3,(H,21,22). The molecular formula is C20H15NO5S. The maximum Gasteiger partial charge on any atom is 0.345 e. The van der Waals surface area contributed by atoms with Crippen molar-refractivity contribution in [3.8, 4) is 11.5 Å². The lowest BCUT2D eigenvalue weighted by molar-refractivity contribution is 0.103. The van der Waals surface area contributed by atoms with Crippen LogP contribution < -0.4 is 20.4 Å². The lowest BCUT2D eigenvalue weighted by atomic mass is 10.2. The first-order chi connectivity index (χ1) is 13.1. The van der Waals surface area contributed by atoms with Gasteiger partial charge in [-0.1, -0.05) is 12.1 Å². The van der Waals surface area contributed by atoms with Gasteiger partial charge >= 0.3 is 5.63 Å². The van der Waals surface area contributed by atoms with Gasteiger partial charge in [0.25, 0.3) is 5.91 Å². The number of nitrogens with one attached hydrogen (secondary N) is 1. The van der Waals surface area contributed by atoms with Crippen molar-refractivity contribution in [3.05, 3.63) is 63.8 Å². The summed E-state index contributed by atoms with van der Waals surface area (Å²) in [7, 11) is 3.07. The zero-order valence-corrected chi connectivity index (χ0v) is 15.4. The molecule has 2 heterocycles. The molecule has 0 unspecified atom stereocenters. The highest BCUT2D eigenvalue weighted by Crippen LogP contribution is 2.33. The Balaban J connectivity index is 1.77. The van der Waals surface area contributed by atoms with Crippen LogP contribution in [0.1, 0.15) is 9.67 Å². The second-order valence-corrected chi connectivity index (χ2v) is 6.81. The fraction of sp³-hybridized carbons (Fsp3) is 0.100. The van der Waals surface area contributed by atoms with E-state index in [0.29, 0.717) is 33.0 Å². The van der Waals surface area contributed by atoms with Crippen molar-refractivity contribution in [2.75, 3.05) is 19.5 Å². The molecule has 7 heteroatoms. The second-order valence-electron chi connectivity index (χ2n) is 5.76. The molecule has 0 aliphatic carbocycles. The van der Waals surface area contributed by atoms with E-state index < -0.39 is 5.63 Å². The Morgan fingerprint density at radius 3 is 2.63 bits per heavy atom. The van der Waals surface area contributed by atoms with E-state index in [1.165, 1.54) is 18.4 Å². The predicted molar refractivity (Wildman–Crippen MR) is 105 cm³/mol.